The summed E-state index contributed by atoms with van der Waals surface area (Å²) in [6.45, 7) is 7.00. The van der Waals surface area contributed by atoms with Crippen molar-refractivity contribution in [2.75, 3.05) is 31.5 Å². The van der Waals surface area contributed by atoms with E-state index < -0.39 is 0 Å². The van der Waals surface area contributed by atoms with Gasteiger partial charge in [-0.15, -0.1) is 0 Å². The van der Waals surface area contributed by atoms with Crippen molar-refractivity contribution in [3.05, 3.63) is 28.2 Å². The van der Waals surface area contributed by atoms with Crippen molar-refractivity contribution in [2.24, 2.45) is 0 Å². The highest BCUT2D eigenvalue weighted by atomic mass is 79.9. The fourth-order valence-electron chi connectivity index (χ4n) is 2.30. The van der Waals surface area contributed by atoms with E-state index in [1.54, 1.807) is 0 Å². The van der Waals surface area contributed by atoms with Crippen LogP contribution in [-0.4, -0.2) is 31.1 Å². The lowest BCUT2D eigenvalue weighted by Crippen LogP contribution is -2.22. The number of anilines is 1. The predicted octanol–water partition coefficient (Wildman–Crippen LogP) is 3.66. The topological polar surface area (TPSA) is 15.3 Å². The van der Waals surface area contributed by atoms with E-state index in [1.807, 2.05) is 0 Å². The van der Waals surface area contributed by atoms with Gasteiger partial charge in [0.05, 0.1) is 0 Å². The monoisotopic (exact) mass is 296 g/mol. The van der Waals surface area contributed by atoms with Gasteiger partial charge in [0, 0.05) is 16.7 Å². The fourth-order valence-corrected chi connectivity index (χ4v) is 2.93. The van der Waals surface area contributed by atoms with Crippen LogP contribution in [0.3, 0.4) is 0 Å². The average Bonchev–Trinajstić information content (AvgIpc) is 2.79. The summed E-state index contributed by atoms with van der Waals surface area (Å²) in [6, 6.07) is 6.45. The number of rotatable bonds is 5. The first-order valence-corrected chi connectivity index (χ1v) is 7.27. The van der Waals surface area contributed by atoms with E-state index >= 15 is 0 Å². The Morgan fingerprint density at radius 1 is 1.29 bits per heavy atom. The Kier molecular flexibility index (Phi) is 4.86. The van der Waals surface area contributed by atoms with Gasteiger partial charge in [-0.05, 0) is 79.4 Å². The Balaban J connectivity index is 1.70. The molecule has 1 aromatic rings. The van der Waals surface area contributed by atoms with Gasteiger partial charge in [0.25, 0.3) is 0 Å². The molecule has 1 aromatic carbocycles. The Labute approximate surface area is 113 Å². The predicted molar refractivity (Wildman–Crippen MR) is 77.7 cm³/mol. The summed E-state index contributed by atoms with van der Waals surface area (Å²) in [5.41, 5.74) is 2.50. The van der Waals surface area contributed by atoms with Gasteiger partial charge in [-0.1, -0.05) is 6.07 Å². The van der Waals surface area contributed by atoms with Crippen LogP contribution < -0.4 is 5.32 Å². The summed E-state index contributed by atoms with van der Waals surface area (Å²) in [5.74, 6) is 0. The summed E-state index contributed by atoms with van der Waals surface area (Å²) in [5, 5.41) is 3.49. The second-order valence-corrected chi connectivity index (χ2v) is 5.67. The third kappa shape index (κ3) is 4.00. The average molecular weight is 297 g/mol. The van der Waals surface area contributed by atoms with Crippen LogP contribution in [0.5, 0.6) is 0 Å². The van der Waals surface area contributed by atoms with Crippen LogP contribution in [0.4, 0.5) is 5.69 Å². The van der Waals surface area contributed by atoms with Crippen LogP contribution in [0.2, 0.25) is 0 Å². The molecule has 2 rings (SSSR count). The molecule has 3 heteroatoms. The van der Waals surface area contributed by atoms with Gasteiger partial charge in [0.2, 0.25) is 0 Å². The first-order valence-electron chi connectivity index (χ1n) is 6.48. The van der Waals surface area contributed by atoms with Crippen molar-refractivity contribution < 1.29 is 0 Å². The molecule has 0 bridgehead atoms. The Hall–Kier alpha value is -0.540. The van der Waals surface area contributed by atoms with E-state index in [0.29, 0.717) is 0 Å². The van der Waals surface area contributed by atoms with Crippen LogP contribution in [-0.2, 0) is 0 Å². The molecule has 1 aliphatic rings. The first-order chi connectivity index (χ1) is 8.25. The van der Waals surface area contributed by atoms with Crippen LogP contribution >= 0.6 is 15.9 Å². The first kappa shape index (κ1) is 12.9. The number of likely N-dealkylation sites (tertiary alicyclic amines) is 1. The molecule has 0 amide bonds. The SMILES string of the molecule is Cc1ccc(NCCCN2CCCC2)c(Br)c1. The molecule has 0 aliphatic carbocycles. The molecule has 1 heterocycles. The molecule has 1 N–H and O–H groups in total. The van der Waals surface area contributed by atoms with E-state index in [0.717, 1.165) is 6.54 Å². The summed E-state index contributed by atoms with van der Waals surface area (Å²) in [6.07, 6.45) is 3.99. The Morgan fingerprint density at radius 2 is 2.06 bits per heavy atom. The van der Waals surface area contributed by atoms with Crippen LogP contribution in [0.1, 0.15) is 24.8 Å². The van der Waals surface area contributed by atoms with Crippen LogP contribution in [0.15, 0.2) is 22.7 Å². The summed E-state index contributed by atoms with van der Waals surface area (Å²) in [4.78, 5) is 2.56. The molecule has 0 saturated carbocycles. The van der Waals surface area contributed by atoms with Gasteiger partial charge in [-0.2, -0.15) is 0 Å². The van der Waals surface area contributed by atoms with Gasteiger partial charge in [-0.25, -0.2) is 0 Å². The quantitative estimate of drug-likeness (QED) is 0.835. The molecule has 17 heavy (non-hydrogen) atoms. The minimum atomic E-state index is 1.05. The number of halogens is 1. The molecule has 0 unspecified atom stereocenters. The third-order valence-corrected chi connectivity index (χ3v) is 3.95. The largest absolute Gasteiger partial charge is 0.384 e. The number of nitrogens with zero attached hydrogens (tertiary/aromatic N) is 1. The fraction of sp³-hybridized carbons (Fsp3) is 0.571. The number of hydrogen-bond acceptors (Lipinski definition) is 2. The molecule has 0 radical (unpaired) electrons. The molecular weight excluding hydrogens is 276 g/mol. The summed E-state index contributed by atoms with van der Waals surface area (Å²) < 4.78 is 1.17. The normalized spacial score (nSPS) is 16.4. The van der Waals surface area contributed by atoms with Gasteiger partial charge < -0.3 is 10.2 Å². The Bertz CT molecular complexity index is 359. The second-order valence-electron chi connectivity index (χ2n) is 4.81. The van der Waals surface area contributed by atoms with Crippen molar-refractivity contribution in [3.8, 4) is 0 Å². The van der Waals surface area contributed by atoms with Crippen molar-refractivity contribution in [1.29, 1.82) is 0 Å². The molecule has 0 atom stereocenters. The van der Waals surface area contributed by atoms with E-state index in [1.165, 1.54) is 54.6 Å². The lowest BCUT2D eigenvalue weighted by molar-refractivity contribution is 0.337. The highest BCUT2D eigenvalue weighted by Crippen LogP contribution is 2.23. The van der Waals surface area contributed by atoms with Gasteiger partial charge in [-0.3, -0.25) is 0 Å². The lowest BCUT2D eigenvalue weighted by Gasteiger charge is -2.15. The zero-order chi connectivity index (χ0) is 12.1. The second kappa shape index (κ2) is 6.41. The van der Waals surface area contributed by atoms with E-state index in [4.69, 9.17) is 0 Å². The minimum absolute atomic E-state index is 1.05. The van der Waals surface area contributed by atoms with Crippen LogP contribution in [0, 0.1) is 6.92 Å². The van der Waals surface area contributed by atoms with E-state index in [2.05, 4.69) is 51.3 Å². The molecular formula is C14H21BrN2. The zero-order valence-electron chi connectivity index (χ0n) is 10.5. The van der Waals surface area contributed by atoms with Crippen molar-refractivity contribution in [2.45, 2.75) is 26.2 Å². The molecule has 1 fully saturated rings. The maximum absolute atomic E-state index is 3.59. The minimum Gasteiger partial charge on any atom is -0.384 e. The molecule has 1 saturated heterocycles. The van der Waals surface area contributed by atoms with E-state index in [-0.39, 0.29) is 0 Å². The van der Waals surface area contributed by atoms with Gasteiger partial charge >= 0.3 is 0 Å². The maximum Gasteiger partial charge on any atom is 0.0484 e. The van der Waals surface area contributed by atoms with Crippen molar-refractivity contribution in [3.63, 3.8) is 0 Å². The van der Waals surface area contributed by atoms with Gasteiger partial charge in [0.1, 0.15) is 0 Å². The number of hydrogen-bond donors (Lipinski definition) is 1. The highest BCUT2D eigenvalue weighted by Gasteiger charge is 2.10. The summed E-state index contributed by atoms with van der Waals surface area (Å²) in [7, 11) is 0. The molecule has 94 valence electrons. The number of aryl methyl sites for hydroxylation is 1. The van der Waals surface area contributed by atoms with Crippen LogP contribution in [0.25, 0.3) is 0 Å². The molecule has 1 aliphatic heterocycles. The van der Waals surface area contributed by atoms with Crippen molar-refractivity contribution in [1.82, 2.24) is 4.90 Å². The summed E-state index contributed by atoms with van der Waals surface area (Å²) >= 11 is 3.59. The highest BCUT2D eigenvalue weighted by molar-refractivity contribution is 9.10. The number of benzene rings is 1. The molecule has 2 nitrogen and oxygen atoms in total. The molecule has 0 aromatic heterocycles. The zero-order valence-corrected chi connectivity index (χ0v) is 12.1. The Morgan fingerprint density at radius 3 is 2.76 bits per heavy atom. The smallest absolute Gasteiger partial charge is 0.0484 e. The number of nitrogens with one attached hydrogen (secondary N) is 1. The standard InChI is InChI=1S/C14H21BrN2/c1-12-5-6-14(13(15)11-12)16-7-4-10-17-8-2-3-9-17/h5-6,11,16H,2-4,7-10H2,1H3. The molecule has 0 spiro atoms. The maximum atomic E-state index is 3.59. The lowest BCUT2D eigenvalue weighted by atomic mass is 10.2. The van der Waals surface area contributed by atoms with Gasteiger partial charge in [0.15, 0.2) is 0 Å². The third-order valence-electron chi connectivity index (χ3n) is 3.29. The van der Waals surface area contributed by atoms with E-state index in [9.17, 15) is 0 Å². The van der Waals surface area contributed by atoms with Crippen molar-refractivity contribution >= 4 is 21.6 Å².